The molecule has 0 aliphatic heterocycles. The molecule has 0 atom stereocenters. The monoisotopic (exact) mass is 624 g/mol. The standard InChI is InChI=1S/C24H22Br2N2O6S/c1-4-33-22-12-16(7-10-21(22)32-3)24(29)28-27-14-17-11-18(25)13-20(26)23(17)34-35(30,31)19-8-5-15(2)6-9-19/h5-14H,4H2,1-3H3,(H,28,29)/b27-14+. The quantitative estimate of drug-likeness (QED) is 0.192. The van der Waals surface area contributed by atoms with Crippen molar-refractivity contribution in [2.45, 2.75) is 18.7 Å². The van der Waals surface area contributed by atoms with Crippen molar-refractivity contribution in [1.29, 1.82) is 0 Å². The number of carbonyl (C=O) groups excluding carboxylic acids is 1. The number of aryl methyl sites for hydroxylation is 1. The van der Waals surface area contributed by atoms with Gasteiger partial charge in [0.1, 0.15) is 4.90 Å². The predicted octanol–water partition coefficient (Wildman–Crippen LogP) is 5.46. The van der Waals surface area contributed by atoms with Crippen LogP contribution in [0.3, 0.4) is 0 Å². The fourth-order valence-electron chi connectivity index (χ4n) is 2.94. The van der Waals surface area contributed by atoms with E-state index in [-0.39, 0.29) is 10.6 Å². The van der Waals surface area contributed by atoms with E-state index >= 15 is 0 Å². The topological polar surface area (TPSA) is 103 Å². The van der Waals surface area contributed by atoms with Crippen molar-refractivity contribution in [3.05, 3.63) is 80.2 Å². The molecule has 8 nitrogen and oxygen atoms in total. The van der Waals surface area contributed by atoms with E-state index in [9.17, 15) is 13.2 Å². The molecule has 0 radical (unpaired) electrons. The first kappa shape index (κ1) is 26.7. The summed E-state index contributed by atoms with van der Waals surface area (Å²) in [5, 5.41) is 3.98. The number of nitrogens with zero attached hydrogens (tertiary/aromatic N) is 1. The highest BCUT2D eigenvalue weighted by Gasteiger charge is 2.21. The Kier molecular flexibility index (Phi) is 8.92. The van der Waals surface area contributed by atoms with Crippen LogP contribution in [0.2, 0.25) is 0 Å². The van der Waals surface area contributed by atoms with Crippen LogP contribution in [0.25, 0.3) is 0 Å². The van der Waals surface area contributed by atoms with Crippen LogP contribution < -0.4 is 19.1 Å². The Hall–Kier alpha value is -2.89. The molecular weight excluding hydrogens is 604 g/mol. The summed E-state index contributed by atoms with van der Waals surface area (Å²) in [4.78, 5) is 12.6. The predicted molar refractivity (Wildman–Crippen MR) is 140 cm³/mol. The number of amides is 1. The number of methoxy groups -OCH3 is 1. The molecule has 1 amide bonds. The summed E-state index contributed by atoms with van der Waals surface area (Å²) in [5.74, 6) is 0.463. The van der Waals surface area contributed by atoms with Crippen molar-refractivity contribution in [3.63, 3.8) is 0 Å². The van der Waals surface area contributed by atoms with Gasteiger partial charge >= 0.3 is 10.1 Å². The second-order valence-corrected chi connectivity index (χ2v) is 10.5. The van der Waals surface area contributed by atoms with Gasteiger partial charge in [-0.1, -0.05) is 33.6 Å². The molecule has 184 valence electrons. The average molecular weight is 626 g/mol. The lowest BCUT2D eigenvalue weighted by Gasteiger charge is -2.12. The highest BCUT2D eigenvalue weighted by Crippen LogP contribution is 2.34. The molecule has 3 rings (SSSR count). The Morgan fingerprint density at radius 1 is 1.06 bits per heavy atom. The zero-order chi connectivity index (χ0) is 25.6. The van der Waals surface area contributed by atoms with E-state index in [1.165, 1.54) is 25.5 Å². The average Bonchev–Trinajstić information content (AvgIpc) is 2.81. The van der Waals surface area contributed by atoms with Crippen LogP contribution in [0, 0.1) is 6.92 Å². The number of ether oxygens (including phenoxy) is 2. The van der Waals surface area contributed by atoms with Crippen LogP contribution in [-0.4, -0.2) is 34.3 Å². The largest absolute Gasteiger partial charge is 0.493 e. The normalized spacial score (nSPS) is 11.3. The second kappa shape index (κ2) is 11.7. The van der Waals surface area contributed by atoms with Gasteiger partial charge < -0.3 is 13.7 Å². The Morgan fingerprint density at radius 3 is 2.43 bits per heavy atom. The third-order valence-electron chi connectivity index (χ3n) is 4.64. The highest BCUT2D eigenvalue weighted by atomic mass is 79.9. The van der Waals surface area contributed by atoms with Crippen molar-refractivity contribution in [1.82, 2.24) is 5.43 Å². The van der Waals surface area contributed by atoms with Crippen molar-refractivity contribution >= 4 is 54.1 Å². The van der Waals surface area contributed by atoms with Crippen LogP contribution in [0.1, 0.15) is 28.4 Å². The molecule has 11 heteroatoms. The van der Waals surface area contributed by atoms with E-state index in [1.807, 2.05) is 13.8 Å². The minimum atomic E-state index is -4.11. The van der Waals surface area contributed by atoms with Crippen molar-refractivity contribution in [2.24, 2.45) is 5.10 Å². The lowest BCUT2D eigenvalue weighted by atomic mass is 10.2. The number of hydrogen-bond donors (Lipinski definition) is 1. The SMILES string of the molecule is CCOc1cc(C(=O)N/N=C/c2cc(Br)cc(Br)c2OS(=O)(=O)c2ccc(C)cc2)ccc1OC. The van der Waals surface area contributed by atoms with Crippen LogP contribution in [0.5, 0.6) is 17.2 Å². The van der Waals surface area contributed by atoms with Gasteiger partial charge in [-0.3, -0.25) is 4.79 Å². The molecule has 0 saturated heterocycles. The van der Waals surface area contributed by atoms with E-state index in [4.69, 9.17) is 13.7 Å². The molecule has 0 heterocycles. The van der Waals surface area contributed by atoms with Gasteiger partial charge in [0.05, 0.1) is 24.4 Å². The Bertz CT molecular complexity index is 1360. The molecule has 0 spiro atoms. The number of nitrogens with one attached hydrogen (secondary N) is 1. The highest BCUT2D eigenvalue weighted by molar-refractivity contribution is 9.11. The molecule has 0 saturated carbocycles. The molecule has 3 aromatic carbocycles. The fourth-order valence-corrected chi connectivity index (χ4v) is 5.36. The molecule has 1 N–H and O–H groups in total. The van der Waals surface area contributed by atoms with Crippen molar-refractivity contribution < 1.29 is 26.9 Å². The molecule has 35 heavy (non-hydrogen) atoms. The van der Waals surface area contributed by atoms with E-state index in [0.717, 1.165) is 5.56 Å². The fraction of sp³-hybridized carbons (Fsp3) is 0.167. The summed E-state index contributed by atoms with van der Waals surface area (Å²) in [6.45, 7) is 4.09. The lowest BCUT2D eigenvalue weighted by molar-refractivity contribution is 0.0954. The molecule has 0 aliphatic carbocycles. The molecule has 3 aromatic rings. The van der Waals surface area contributed by atoms with Gasteiger partial charge in [-0.15, -0.1) is 0 Å². The van der Waals surface area contributed by atoms with Gasteiger partial charge in [0.2, 0.25) is 0 Å². The maximum atomic E-state index is 12.8. The number of hydrazone groups is 1. The summed E-state index contributed by atoms with van der Waals surface area (Å²) in [6, 6.07) is 14.3. The van der Waals surface area contributed by atoms with Gasteiger partial charge in [0.15, 0.2) is 17.2 Å². The van der Waals surface area contributed by atoms with Crippen LogP contribution in [-0.2, 0) is 10.1 Å². The maximum absolute atomic E-state index is 12.8. The van der Waals surface area contributed by atoms with E-state index in [0.29, 0.717) is 38.2 Å². The van der Waals surface area contributed by atoms with Gasteiger partial charge in [0.25, 0.3) is 5.91 Å². The summed E-state index contributed by atoms with van der Waals surface area (Å²) in [7, 11) is -2.60. The van der Waals surface area contributed by atoms with Crippen molar-refractivity contribution in [2.75, 3.05) is 13.7 Å². The zero-order valence-corrected chi connectivity index (χ0v) is 23.0. The van der Waals surface area contributed by atoms with Gasteiger partial charge in [-0.05, 0) is 72.2 Å². The third-order valence-corrected chi connectivity index (χ3v) is 6.92. The summed E-state index contributed by atoms with van der Waals surface area (Å²) >= 11 is 6.70. The molecule has 0 aromatic heterocycles. The Balaban J connectivity index is 1.84. The van der Waals surface area contributed by atoms with Gasteiger partial charge in [-0.2, -0.15) is 13.5 Å². The zero-order valence-electron chi connectivity index (χ0n) is 19.0. The number of carbonyl (C=O) groups is 1. The van der Waals surface area contributed by atoms with E-state index in [1.54, 1.807) is 42.5 Å². The van der Waals surface area contributed by atoms with Crippen molar-refractivity contribution in [3.8, 4) is 17.2 Å². The maximum Gasteiger partial charge on any atom is 0.339 e. The van der Waals surface area contributed by atoms with Crippen LogP contribution in [0.4, 0.5) is 0 Å². The van der Waals surface area contributed by atoms with E-state index in [2.05, 4.69) is 42.4 Å². The summed E-state index contributed by atoms with van der Waals surface area (Å²) < 4.78 is 42.8. The summed E-state index contributed by atoms with van der Waals surface area (Å²) in [5.41, 5.74) is 3.96. The Morgan fingerprint density at radius 2 is 1.77 bits per heavy atom. The Labute approximate surface area is 220 Å². The third kappa shape index (κ3) is 6.83. The molecule has 0 unspecified atom stereocenters. The minimum absolute atomic E-state index is 0.0127. The number of rotatable bonds is 9. The van der Waals surface area contributed by atoms with Gasteiger partial charge in [-0.25, -0.2) is 5.43 Å². The summed E-state index contributed by atoms with van der Waals surface area (Å²) in [6.07, 6.45) is 1.29. The first-order chi connectivity index (χ1) is 16.6. The molecular formula is C24H22Br2N2O6S. The first-order valence-corrected chi connectivity index (χ1v) is 13.3. The number of halogens is 2. The number of hydrogen-bond acceptors (Lipinski definition) is 7. The van der Waals surface area contributed by atoms with Gasteiger partial charge in [0, 0.05) is 15.6 Å². The lowest BCUT2D eigenvalue weighted by Crippen LogP contribution is -2.18. The van der Waals surface area contributed by atoms with E-state index < -0.39 is 16.0 Å². The molecule has 0 aliphatic rings. The molecule has 0 bridgehead atoms. The number of benzene rings is 3. The van der Waals surface area contributed by atoms with Crippen LogP contribution in [0.15, 0.2) is 73.5 Å². The minimum Gasteiger partial charge on any atom is -0.493 e. The first-order valence-electron chi connectivity index (χ1n) is 10.3. The smallest absolute Gasteiger partial charge is 0.339 e. The molecule has 0 fully saturated rings. The van der Waals surface area contributed by atoms with Crippen LogP contribution >= 0.6 is 31.9 Å². The second-order valence-electron chi connectivity index (χ2n) is 7.15.